The maximum atomic E-state index is 6.02. The van der Waals surface area contributed by atoms with Gasteiger partial charge in [0.05, 0.1) is 6.61 Å². The maximum absolute atomic E-state index is 6.02. The van der Waals surface area contributed by atoms with Crippen molar-refractivity contribution >= 4 is 23.4 Å². The van der Waals surface area contributed by atoms with Gasteiger partial charge in [0, 0.05) is 10.8 Å². The molecule has 0 amide bonds. The summed E-state index contributed by atoms with van der Waals surface area (Å²) in [5, 5.41) is 13.4. The van der Waals surface area contributed by atoms with Crippen molar-refractivity contribution in [3.8, 4) is 11.4 Å². The van der Waals surface area contributed by atoms with E-state index >= 15 is 0 Å². The van der Waals surface area contributed by atoms with Crippen molar-refractivity contribution in [2.45, 2.75) is 17.8 Å². The first-order chi connectivity index (χ1) is 11.3. The van der Waals surface area contributed by atoms with Crippen LogP contribution in [-0.4, -0.2) is 26.8 Å². The van der Waals surface area contributed by atoms with Crippen LogP contribution in [0.4, 0.5) is 0 Å². The molecule has 1 heterocycles. The van der Waals surface area contributed by atoms with Gasteiger partial charge in [-0.25, -0.2) is 0 Å². The summed E-state index contributed by atoms with van der Waals surface area (Å²) in [5.74, 6) is 1.49. The molecule has 5 nitrogen and oxygen atoms in total. The van der Waals surface area contributed by atoms with Gasteiger partial charge in [-0.3, -0.25) is 0 Å². The molecule has 0 bridgehead atoms. The van der Waals surface area contributed by atoms with Gasteiger partial charge >= 0.3 is 0 Å². The predicted octanol–water partition coefficient (Wildman–Crippen LogP) is 4.01. The van der Waals surface area contributed by atoms with E-state index in [9.17, 15) is 0 Å². The van der Waals surface area contributed by atoms with Gasteiger partial charge in [0.25, 0.3) is 0 Å². The van der Waals surface area contributed by atoms with Crippen LogP contribution in [0.2, 0.25) is 5.02 Å². The molecule has 0 fully saturated rings. The van der Waals surface area contributed by atoms with Gasteiger partial charge in [-0.15, -0.1) is 5.10 Å². The first kappa shape index (κ1) is 15.8. The minimum Gasteiger partial charge on any atom is -0.492 e. The number of rotatable bonds is 6. The highest BCUT2D eigenvalue weighted by atomic mass is 35.5. The van der Waals surface area contributed by atoms with E-state index in [1.807, 2.05) is 55.5 Å². The lowest BCUT2D eigenvalue weighted by atomic mass is 10.2. The third-order valence-electron chi connectivity index (χ3n) is 3.09. The second-order valence-electron chi connectivity index (χ2n) is 4.69. The fourth-order valence-electron chi connectivity index (χ4n) is 2.10. The van der Waals surface area contributed by atoms with Gasteiger partial charge < -0.3 is 4.74 Å². The van der Waals surface area contributed by atoms with Crippen LogP contribution in [0.25, 0.3) is 5.69 Å². The highest BCUT2D eigenvalue weighted by Gasteiger charge is 2.13. The van der Waals surface area contributed by atoms with Gasteiger partial charge in [0.2, 0.25) is 5.16 Å². The number of tetrazole rings is 1. The molecule has 0 N–H and O–H groups in total. The first-order valence-electron chi connectivity index (χ1n) is 7.15. The molecule has 0 saturated heterocycles. The van der Waals surface area contributed by atoms with Gasteiger partial charge in [0.1, 0.15) is 11.4 Å². The number of thioether (sulfide) groups is 1. The van der Waals surface area contributed by atoms with E-state index in [0.717, 1.165) is 27.8 Å². The molecule has 0 aliphatic rings. The van der Waals surface area contributed by atoms with E-state index in [0.29, 0.717) is 11.8 Å². The fraction of sp³-hybridized carbons (Fsp3) is 0.188. The number of hydrogen-bond donors (Lipinski definition) is 0. The number of benzene rings is 2. The molecule has 0 atom stereocenters. The molecular weight excluding hydrogens is 332 g/mol. The number of aromatic nitrogens is 4. The molecule has 1 aromatic heterocycles. The van der Waals surface area contributed by atoms with Crippen molar-refractivity contribution in [2.75, 3.05) is 6.61 Å². The van der Waals surface area contributed by atoms with Crippen LogP contribution in [0.15, 0.2) is 53.7 Å². The Labute approximate surface area is 143 Å². The van der Waals surface area contributed by atoms with Crippen LogP contribution in [0.3, 0.4) is 0 Å². The van der Waals surface area contributed by atoms with Crippen molar-refractivity contribution < 1.29 is 4.74 Å². The Balaban J connectivity index is 1.83. The molecule has 0 unspecified atom stereocenters. The number of ether oxygens (including phenoxy) is 1. The summed E-state index contributed by atoms with van der Waals surface area (Å²) in [7, 11) is 0. The molecule has 3 aromatic rings. The summed E-state index contributed by atoms with van der Waals surface area (Å²) in [5.41, 5.74) is 1.95. The predicted molar refractivity (Wildman–Crippen MR) is 91.3 cm³/mol. The smallest absolute Gasteiger partial charge is 0.214 e. The minimum absolute atomic E-state index is 0.587. The zero-order valence-electron chi connectivity index (χ0n) is 12.5. The number of para-hydroxylation sites is 2. The Kier molecular flexibility index (Phi) is 5.15. The lowest BCUT2D eigenvalue weighted by Gasteiger charge is -2.10. The topological polar surface area (TPSA) is 52.8 Å². The average molecular weight is 347 g/mol. The Morgan fingerprint density at radius 1 is 1.17 bits per heavy atom. The molecule has 3 rings (SSSR count). The Hall–Kier alpha value is -2.05. The quantitative estimate of drug-likeness (QED) is 0.631. The number of halogens is 1. The Bertz CT molecular complexity index is 793. The number of hydrogen-bond acceptors (Lipinski definition) is 5. The van der Waals surface area contributed by atoms with E-state index in [1.54, 1.807) is 16.4 Å². The van der Waals surface area contributed by atoms with Crippen molar-refractivity contribution in [2.24, 2.45) is 0 Å². The minimum atomic E-state index is 0.587. The van der Waals surface area contributed by atoms with Crippen LogP contribution in [-0.2, 0) is 5.75 Å². The molecular formula is C16H15ClN4OS. The van der Waals surface area contributed by atoms with Gasteiger partial charge in [-0.05, 0) is 47.2 Å². The van der Waals surface area contributed by atoms with Crippen molar-refractivity contribution in [3.05, 3.63) is 59.1 Å². The standard InChI is InChI=1S/C16H15ClN4OS/c1-2-22-15-9-4-3-8-14(15)21-16(18-19-20-21)23-11-12-6-5-7-13(17)10-12/h3-10H,2,11H2,1H3. The Morgan fingerprint density at radius 3 is 2.87 bits per heavy atom. The molecule has 0 aliphatic heterocycles. The van der Waals surface area contributed by atoms with E-state index < -0.39 is 0 Å². The van der Waals surface area contributed by atoms with Gasteiger partial charge in [-0.2, -0.15) is 4.68 Å². The molecule has 0 aliphatic carbocycles. The van der Waals surface area contributed by atoms with Crippen LogP contribution in [0.5, 0.6) is 5.75 Å². The van der Waals surface area contributed by atoms with Crippen molar-refractivity contribution in [1.82, 2.24) is 20.2 Å². The van der Waals surface area contributed by atoms with E-state index in [4.69, 9.17) is 16.3 Å². The van der Waals surface area contributed by atoms with E-state index in [2.05, 4.69) is 15.5 Å². The lowest BCUT2D eigenvalue weighted by molar-refractivity contribution is 0.337. The monoisotopic (exact) mass is 346 g/mol. The zero-order valence-corrected chi connectivity index (χ0v) is 14.1. The molecule has 118 valence electrons. The summed E-state index contributed by atoms with van der Waals surface area (Å²) >= 11 is 7.57. The summed E-state index contributed by atoms with van der Waals surface area (Å²) in [6.07, 6.45) is 0. The molecule has 23 heavy (non-hydrogen) atoms. The molecule has 0 radical (unpaired) electrons. The zero-order chi connectivity index (χ0) is 16.1. The molecule has 2 aromatic carbocycles. The SMILES string of the molecule is CCOc1ccccc1-n1nnnc1SCc1cccc(Cl)c1. The van der Waals surface area contributed by atoms with Gasteiger partial charge in [-0.1, -0.05) is 47.6 Å². The third kappa shape index (κ3) is 3.83. The third-order valence-corrected chi connectivity index (χ3v) is 4.32. The second kappa shape index (κ2) is 7.48. The van der Waals surface area contributed by atoms with Crippen molar-refractivity contribution in [1.29, 1.82) is 0 Å². The summed E-state index contributed by atoms with van der Waals surface area (Å²) in [6, 6.07) is 15.5. The molecule has 0 saturated carbocycles. The summed E-state index contributed by atoms with van der Waals surface area (Å²) in [4.78, 5) is 0. The van der Waals surface area contributed by atoms with E-state index in [1.165, 1.54) is 0 Å². The first-order valence-corrected chi connectivity index (χ1v) is 8.52. The largest absolute Gasteiger partial charge is 0.492 e. The van der Waals surface area contributed by atoms with Crippen molar-refractivity contribution in [3.63, 3.8) is 0 Å². The highest BCUT2D eigenvalue weighted by molar-refractivity contribution is 7.98. The molecule has 7 heteroatoms. The van der Waals surface area contributed by atoms with Crippen LogP contribution in [0, 0.1) is 0 Å². The van der Waals surface area contributed by atoms with E-state index in [-0.39, 0.29) is 0 Å². The lowest BCUT2D eigenvalue weighted by Crippen LogP contribution is -2.03. The van der Waals surface area contributed by atoms with Crippen LogP contribution in [0.1, 0.15) is 12.5 Å². The summed E-state index contributed by atoms with van der Waals surface area (Å²) < 4.78 is 7.35. The summed E-state index contributed by atoms with van der Waals surface area (Å²) in [6.45, 7) is 2.54. The second-order valence-corrected chi connectivity index (χ2v) is 6.07. The molecule has 0 spiro atoms. The van der Waals surface area contributed by atoms with Gasteiger partial charge in [0.15, 0.2) is 0 Å². The average Bonchev–Trinajstić information content (AvgIpc) is 3.02. The Morgan fingerprint density at radius 2 is 2.04 bits per heavy atom. The van der Waals surface area contributed by atoms with Crippen LogP contribution < -0.4 is 4.74 Å². The number of nitrogens with zero attached hydrogens (tertiary/aromatic N) is 4. The normalized spacial score (nSPS) is 10.7. The van der Waals surface area contributed by atoms with Crippen LogP contribution >= 0.6 is 23.4 Å². The highest BCUT2D eigenvalue weighted by Crippen LogP contribution is 2.28. The maximum Gasteiger partial charge on any atom is 0.214 e. The fourth-order valence-corrected chi connectivity index (χ4v) is 3.14.